The molecule has 2 aromatic rings. The Morgan fingerprint density at radius 3 is 2.04 bits per heavy atom. The van der Waals surface area contributed by atoms with Gasteiger partial charge in [0.25, 0.3) is 5.91 Å². The van der Waals surface area contributed by atoms with E-state index >= 15 is 0 Å². The van der Waals surface area contributed by atoms with Crippen molar-refractivity contribution in [2.75, 3.05) is 17.2 Å². The average molecular weight is 369 g/mol. The average Bonchev–Trinajstić information content (AvgIpc) is 2.66. The first-order valence-electron chi connectivity index (χ1n) is 8.66. The topological polar surface area (TPSA) is 98.7 Å². The van der Waals surface area contributed by atoms with Gasteiger partial charge in [0.1, 0.15) is 6.54 Å². The number of hydrogen-bond acceptors (Lipinski definition) is 3. The molecular formula is C20H23N3O4. The summed E-state index contributed by atoms with van der Waals surface area (Å²) < 4.78 is 0. The number of benzene rings is 2. The fourth-order valence-electron chi connectivity index (χ4n) is 2.47. The molecule has 0 aliphatic heterocycles. The molecule has 3 amide bonds. The predicted octanol–water partition coefficient (Wildman–Crippen LogP) is 3.66. The molecule has 0 fully saturated rings. The van der Waals surface area contributed by atoms with E-state index in [2.05, 4.69) is 10.6 Å². The van der Waals surface area contributed by atoms with Crippen molar-refractivity contribution in [1.82, 2.24) is 4.90 Å². The van der Waals surface area contributed by atoms with Crippen molar-refractivity contribution in [3.8, 4) is 0 Å². The first-order valence-corrected chi connectivity index (χ1v) is 8.66. The van der Waals surface area contributed by atoms with Crippen LogP contribution in [0.4, 0.5) is 16.2 Å². The summed E-state index contributed by atoms with van der Waals surface area (Å²) in [5.41, 5.74) is 1.55. The van der Waals surface area contributed by atoms with Gasteiger partial charge in [-0.15, -0.1) is 0 Å². The second kappa shape index (κ2) is 9.38. The predicted molar refractivity (Wildman–Crippen MR) is 104 cm³/mol. The van der Waals surface area contributed by atoms with Crippen molar-refractivity contribution in [3.63, 3.8) is 0 Å². The fraction of sp³-hybridized carbons (Fsp3) is 0.250. The van der Waals surface area contributed by atoms with Crippen LogP contribution in [-0.2, 0) is 4.79 Å². The number of carbonyl (C=O) groups is 3. The number of amides is 3. The van der Waals surface area contributed by atoms with E-state index < -0.39 is 12.0 Å². The third kappa shape index (κ3) is 5.85. The number of nitrogens with zero attached hydrogens (tertiary/aromatic N) is 1. The van der Waals surface area contributed by atoms with Crippen LogP contribution in [0.5, 0.6) is 0 Å². The van der Waals surface area contributed by atoms with E-state index in [4.69, 9.17) is 5.11 Å². The van der Waals surface area contributed by atoms with Crippen LogP contribution < -0.4 is 10.6 Å². The second-order valence-corrected chi connectivity index (χ2v) is 6.11. The maximum absolute atomic E-state index is 12.6. The van der Waals surface area contributed by atoms with Crippen molar-refractivity contribution in [2.45, 2.75) is 26.3 Å². The Bertz CT molecular complexity index is 791. The monoisotopic (exact) mass is 369 g/mol. The van der Waals surface area contributed by atoms with Crippen molar-refractivity contribution in [3.05, 3.63) is 60.2 Å². The number of carboxylic acid groups (broad SMARTS) is 1. The lowest BCUT2D eigenvalue weighted by atomic mass is 10.1. The Kier molecular flexibility index (Phi) is 6.93. The number of hydrogen-bond donors (Lipinski definition) is 3. The molecule has 1 unspecified atom stereocenters. The first-order chi connectivity index (χ1) is 12.9. The van der Waals surface area contributed by atoms with Gasteiger partial charge in [-0.05, 0) is 49.7 Å². The molecule has 0 radical (unpaired) electrons. The number of nitrogens with one attached hydrogen (secondary N) is 2. The SMILES string of the molecule is CCC(C)N(CC(=O)O)C(=O)c1ccc(NC(=O)Nc2ccccc2)cc1. The number of carboxylic acids is 1. The van der Waals surface area contributed by atoms with Gasteiger partial charge in [-0.2, -0.15) is 0 Å². The number of rotatable bonds is 7. The largest absolute Gasteiger partial charge is 0.480 e. The van der Waals surface area contributed by atoms with E-state index in [1.54, 1.807) is 36.4 Å². The summed E-state index contributed by atoms with van der Waals surface area (Å²) >= 11 is 0. The molecule has 0 aromatic heterocycles. The number of para-hydroxylation sites is 1. The Morgan fingerprint density at radius 2 is 1.52 bits per heavy atom. The molecule has 0 saturated heterocycles. The minimum Gasteiger partial charge on any atom is -0.480 e. The molecule has 0 aliphatic carbocycles. The lowest BCUT2D eigenvalue weighted by Gasteiger charge is -2.27. The van der Waals surface area contributed by atoms with Gasteiger partial charge in [-0.3, -0.25) is 9.59 Å². The van der Waals surface area contributed by atoms with Gasteiger partial charge in [0.2, 0.25) is 0 Å². The van der Waals surface area contributed by atoms with Crippen LogP contribution in [0.3, 0.4) is 0 Å². The van der Waals surface area contributed by atoms with E-state index in [9.17, 15) is 14.4 Å². The Morgan fingerprint density at radius 1 is 0.963 bits per heavy atom. The molecule has 2 rings (SSSR count). The zero-order valence-corrected chi connectivity index (χ0v) is 15.3. The molecule has 0 aliphatic rings. The van der Waals surface area contributed by atoms with Crippen LogP contribution in [0.15, 0.2) is 54.6 Å². The normalized spacial score (nSPS) is 11.3. The van der Waals surface area contributed by atoms with Gasteiger partial charge >= 0.3 is 12.0 Å². The molecule has 1 atom stereocenters. The summed E-state index contributed by atoms with van der Waals surface area (Å²) in [6.45, 7) is 3.35. The van der Waals surface area contributed by atoms with Gasteiger partial charge in [0, 0.05) is 23.0 Å². The van der Waals surface area contributed by atoms with Crippen molar-refractivity contribution in [1.29, 1.82) is 0 Å². The van der Waals surface area contributed by atoms with Crippen LogP contribution in [-0.4, -0.2) is 40.5 Å². The van der Waals surface area contributed by atoms with Gasteiger partial charge in [0.05, 0.1) is 0 Å². The molecule has 0 bridgehead atoms. The first kappa shape index (κ1) is 20.0. The molecule has 3 N–H and O–H groups in total. The van der Waals surface area contributed by atoms with Crippen LogP contribution >= 0.6 is 0 Å². The maximum Gasteiger partial charge on any atom is 0.323 e. The second-order valence-electron chi connectivity index (χ2n) is 6.11. The van der Waals surface area contributed by atoms with E-state index in [0.717, 1.165) is 0 Å². The minimum atomic E-state index is -1.06. The molecular weight excluding hydrogens is 346 g/mol. The smallest absolute Gasteiger partial charge is 0.323 e. The minimum absolute atomic E-state index is 0.192. The van der Waals surface area contributed by atoms with Crippen molar-refractivity contribution in [2.24, 2.45) is 0 Å². The standard InChI is InChI=1S/C20H23N3O4/c1-3-14(2)23(13-18(24)25)19(26)15-9-11-17(12-10-15)22-20(27)21-16-7-5-4-6-8-16/h4-12,14H,3,13H2,1-2H3,(H,24,25)(H2,21,22,27). The molecule has 27 heavy (non-hydrogen) atoms. The van der Waals surface area contributed by atoms with Gasteiger partial charge in [-0.1, -0.05) is 25.1 Å². The number of urea groups is 1. The maximum atomic E-state index is 12.6. The Labute approximate surface area is 158 Å². The highest BCUT2D eigenvalue weighted by atomic mass is 16.4. The van der Waals surface area contributed by atoms with E-state index in [1.165, 1.54) is 4.90 Å². The zero-order valence-electron chi connectivity index (χ0n) is 15.3. The lowest BCUT2D eigenvalue weighted by molar-refractivity contribution is -0.138. The van der Waals surface area contributed by atoms with Crippen LogP contribution in [0.1, 0.15) is 30.6 Å². The summed E-state index contributed by atoms with van der Waals surface area (Å²) in [4.78, 5) is 37.0. The third-order valence-corrected chi connectivity index (χ3v) is 4.11. The fourth-order valence-corrected chi connectivity index (χ4v) is 2.47. The van der Waals surface area contributed by atoms with E-state index in [-0.39, 0.29) is 18.5 Å². The van der Waals surface area contributed by atoms with E-state index in [0.29, 0.717) is 23.4 Å². The molecule has 0 heterocycles. The summed E-state index contributed by atoms with van der Waals surface area (Å²) in [5.74, 6) is -1.41. The van der Waals surface area contributed by atoms with E-state index in [1.807, 2.05) is 32.0 Å². The van der Waals surface area contributed by atoms with Crippen molar-refractivity contribution >= 4 is 29.3 Å². The summed E-state index contributed by atoms with van der Waals surface area (Å²) in [7, 11) is 0. The highest BCUT2D eigenvalue weighted by Gasteiger charge is 2.22. The molecule has 7 nitrogen and oxygen atoms in total. The number of aliphatic carboxylic acids is 1. The highest BCUT2D eigenvalue weighted by Crippen LogP contribution is 2.15. The number of carbonyl (C=O) groups excluding carboxylic acids is 2. The van der Waals surface area contributed by atoms with Crippen LogP contribution in [0.2, 0.25) is 0 Å². The summed E-state index contributed by atoms with van der Waals surface area (Å²) in [5, 5.41) is 14.4. The summed E-state index contributed by atoms with van der Waals surface area (Å²) in [6, 6.07) is 14.8. The quantitative estimate of drug-likeness (QED) is 0.694. The number of anilines is 2. The summed E-state index contributed by atoms with van der Waals surface area (Å²) in [6.07, 6.45) is 0.651. The zero-order chi connectivity index (χ0) is 19.8. The molecule has 7 heteroatoms. The third-order valence-electron chi connectivity index (χ3n) is 4.11. The van der Waals surface area contributed by atoms with Crippen LogP contribution in [0, 0.1) is 0 Å². The molecule has 0 saturated carbocycles. The Hall–Kier alpha value is -3.35. The molecule has 2 aromatic carbocycles. The molecule has 142 valence electrons. The van der Waals surface area contributed by atoms with Gasteiger partial charge in [-0.25, -0.2) is 4.79 Å². The molecule has 0 spiro atoms. The highest BCUT2D eigenvalue weighted by molar-refractivity contribution is 6.00. The van der Waals surface area contributed by atoms with Crippen molar-refractivity contribution < 1.29 is 19.5 Å². The van der Waals surface area contributed by atoms with Gasteiger partial charge < -0.3 is 20.6 Å². The Balaban J connectivity index is 2.03. The van der Waals surface area contributed by atoms with Crippen LogP contribution in [0.25, 0.3) is 0 Å². The van der Waals surface area contributed by atoms with Gasteiger partial charge in [0.15, 0.2) is 0 Å². The lowest BCUT2D eigenvalue weighted by Crippen LogP contribution is -2.41.